The predicted octanol–water partition coefficient (Wildman–Crippen LogP) is 11.6. The zero-order chi connectivity index (χ0) is 103. The van der Waals surface area contributed by atoms with Gasteiger partial charge in [-0.2, -0.15) is 9.97 Å². The predicted molar refractivity (Wildman–Crippen MR) is 526 cm³/mol. The highest BCUT2D eigenvalue weighted by molar-refractivity contribution is 8.07. The number of aromatic nitrogens is 16. The van der Waals surface area contributed by atoms with E-state index in [4.69, 9.17) is 107 Å². The third-order valence-electron chi connectivity index (χ3n) is 23.6. The number of amides is 4. The van der Waals surface area contributed by atoms with Crippen molar-refractivity contribution < 1.29 is 123 Å². The van der Waals surface area contributed by atoms with Gasteiger partial charge in [0, 0.05) is 30.0 Å². The molecule has 5 aliphatic rings. The van der Waals surface area contributed by atoms with Gasteiger partial charge in [0.1, 0.15) is 80.8 Å². The number of aromatic amines is 2. The smallest absolute Gasteiger partial charge is 0.450 e. The number of carbonyl (C=O) groups excluding carboxylic acids is 4. The molecule has 5 saturated heterocycles. The van der Waals surface area contributed by atoms with Crippen molar-refractivity contribution in [3.63, 3.8) is 0 Å². The lowest BCUT2D eigenvalue weighted by molar-refractivity contribution is -0.119. The first-order chi connectivity index (χ1) is 67.3. The molecule has 4 amide bonds. The first kappa shape index (κ1) is 109. The highest BCUT2D eigenvalue weighted by Crippen LogP contribution is 2.59. The molecule has 8 unspecified atom stereocenters. The topological polar surface area (TPSA) is 565 Å². The van der Waals surface area contributed by atoms with E-state index in [0.29, 0.717) is 17.5 Å². The average molecular weight is 2130 g/mol. The van der Waals surface area contributed by atoms with Gasteiger partial charge >= 0.3 is 28.2 Å². The molecule has 58 heteroatoms. The Morgan fingerprint density at radius 1 is 0.641 bits per heavy atom. The largest absolute Gasteiger partial charge is 0.506 e. The lowest BCUT2D eigenvalue weighted by atomic mass is 10.1. The summed E-state index contributed by atoms with van der Waals surface area (Å²) < 4.78 is 144. The molecule has 5 fully saturated rings. The number of ether oxygens (including phenoxy) is 6. The second-order valence-electron chi connectivity index (χ2n) is 35.9. The van der Waals surface area contributed by atoms with E-state index in [1.54, 1.807) is 88.4 Å². The van der Waals surface area contributed by atoms with E-state index in [-0.39, 0.29) is 114 Å². The third-order valence-corrected chi connectivity index (χ3v) is 38.3. The van der Waals surface area contributed by atoms with Crippen molar-refractivity contribution >= 4 is 169 Å². The van der Waals surface area contributed by atoms with Crippen LogP contribution in [0.2, 0.25) is 36.3 Å². The summed E-state index contributed by atoms with van der Waals surface area (Å²) in [5.41, 5.74) is -0.577. The molecular weight excluding hydrogens is 2020 g/mol. The Bertz CT molecular complexity index is 6490. The highest BCUT2D eigenvalue weighted by Gasteiger charge is 2.59. The van der Waals surface area contributed by atoms with E-state index in [1.807, 2.05) is 67.7 Å². The van der Waals surface area contributed by atoms with Crippen LogP contribution in [0.15, 0.2) is 108 Å². The van der Waals surface area contributed by atoms with Gasteiger partial charge in [-0.05, 0) is 84.1 Å². The van der Waals surface area contributed by atoms with Crippen molar-refractivity contribution in [1.82, 2.24) is 78.1 Å². The minimum absolute atomic E-state index is 0. The summed E-state index contributed by atoms with van der Waals surface area (Å²) in [5.74, 6) is -2.93. The van der Waals surface area contributed by atoms with E-state index in [9.17, 15) is 48.7 Å². The summed E-state index contributed by atoms with van der Waals surface area (Å²) in [5, 5.41) is 30.3. The van der Waals surface area contributed by atoms with Crippen molar-refractivity contribution in [1.29, 1.82) is 0 Å². The molecule has 142 heavy (non-hydrogen) atoms. The number of carbonyl (C=O) groups is 5. The number of anilines is 4. The molecular formula is C84H112F2N22O26P4S2Si2. The van der Waals surface area contributed by atoms with Crippen molar-refractivity contribution in [3.05, 3.63) is 153 Å². The van der Waals surface area contributed by atoms with Crippen LogP contribution in [0.1, 0.15) is 124 Å². The molecule has 20 atom stereocenters. The van der Waals surface area contributed by atoms with Crippen molar-refractivity contribution in [2.75, 3.05) is 87.4 Å². The molecule has 5 aliphatic heterocycles. The molecule has 48 nitrogen and oxygen atoms in total. The molecule has 13 heterocycles. The number of rotatable bonds is 30. The molecule has 2 aromatic carbocycles. The summed E-state index contributed by atoms with van der Waals surface area (Å²) in [7, 11) is -6.02. The number of H-pyrrole nitrogens is 2. The summed E-state index contributed by atoms with van der Waals surface area (Å²) >= 11 is 11.8. The van der Waals surface area contributed by atoms with E-state index >= 15 is 8.78 Å². The lowest BCUT2D eigenvalue weighted by Gasteiger charge is -2.40. The number of carboxylic acid groups (broad SMARTS) is 1. The fourth-order valence-electron chi connectivity index (χ4n) is 14.3. The van der Waals surface area contributed by atoms with Crippen LogP contribution in [0, 0.1) is 25.0 Å². The number of alkyl halides is 2. The monoisotopic (exact) mass is 2130 g/mol. The Morgan fingerprint density at radius 3 is 1.60 bits per heavy atom. The standard InChI is InChI=1S/C41H51FN11O13PSSi.C40H50FN11O12P2SSi.C2H7OP.CH4/c1-21(2)34(55)50-39-49-33-27(36(57)51-39)47-20-53(33)38-30(64-40(58)59)29(66-69(7,8)41(3,4)5)24(63-38)17-61-67(68,60-15-14-43-6)65-28-23(16-54)62-37(25(28)42)52-19-46-26-31(44-18-45-32(26)52)48-35(56)22-12-10-9-11-13-22;1-21(2)34(53)49-39-48-33-27(36(55)50-39)46-20-52(33)38-30-29(64-68(7,8)40(3,4)5)24(61-38)17-59-66(67,58-15-14-42-6)63-28-23(16-57-65(56)62-30)60-37(25(28)41)51-19-45-26-31(43-18-44-32(26)51)47-35(54)22-12-10-9-11-13-22;1-3-2-4;/h9-13,18-21,23-25,28-30,37-38,54H,14-17H2,1-5,7-8H3,(H,58,59)(H,44,45,48,56)(H2,49,50,51,55,57);9-13,18-21,23-25,28-30,37-38,56H,14-17H2,1-5,7-8H3,(H,43,44,47,54)(H2,48,49,50,53,55);2,4H2,1H3;1H4/t23-,24-,25?,28+,29+,30?,37-,38-,67?;23-,24-,25?,28+,29+,30?,37-,38-,65?,66?;;/m11../s1/i;;1D;. The fourth-order valence-corrected chi connectivity index (χ4v) is 21.9. The van der Waals surface area contributed by atoms with Crippen LogP contribution in [0.4, 0.5) is 37.1 Å². The fraction of sp³-hybridized carbons (Fsp3) is 0.536. The zero-order valence-corrected chi connectivity index (χ0v) is 86.1. The molecule has 2 bridgehead atoms. The van der Waals surface area contributed by atoms with Gasteiger partial charge in [-0.25, -0.2) is 66.6 Å². The molecule has 768 valence electrons. The Kier molecular flexibility index (Phi) is 36.3. The van der Waals surface area contributed by atoms with Gasteiger partial charge in [0.25, 0.3) is 22.9 Å². The number of aliphatic hydroxyl groups is 1. The first-order valence-corrected chi connectivity index (χ1v) is 56.8. The number of benzene rings is 2. The summed E-state index contributed by atoms with van der Waals surface area (Å²) in [4.78, 5) is 156. The molecule has 10 aromatic rings. The molecule has 9 N–H and O–H groups in total. The molecule has 8 aromatic heterocycles. The van der Waals surface area contributed by atoms with Gasteiger partial charge in [0.05, 0.1) is 59.5 Å². The maximum absolute atomic E-state index is 17.2. The average Bonchev–Trinajstić information content (AvgIpc) is 1.60. The zero-order valence-electron chi connectivity index (χ0n) is 79.6. The normalized spacial score (nSPS) is 25.3. The summed E-state index contributed by atoms with van der Waals surface area (Å²) in [6, 6.07) is 16.8. The Morgan fingerprint density at radius 2 is 1.12 bits per heavy atom. The second kappa shape index (κ2) is 47.1. The molecule has 15 rings (SSSR count). The van der Waals surface area contributed by atoms with Crippen LogP contribution in [0.3, 0.4) is 0 Å². The van der Waals surface area contributed by atoms with E-state index in [0.717, 1.165) is 6.33 Å². The SMILES string of the molecule is C.[2H]COCP.[C-]#[N+]CCOP(=S)(OC[C@H]1O[C@@H](n2cnc3c(=O)[nH]c(NC(=O)C(C)C)nc32)C(OC(=O)O)[C@H]1O[Si](C)(C)C(C)(C)C)O[C@@H]1C(F)[C@H](n2cnc3c(NC(=O)c4ccccc4)ncnc32)O[C@@H]1CO.[C-]#[N+]CCOP1(=S)OC[C@H]2O[C@@H](n3cnc4c(=O)[nH]c(NC(=O)C(C)C)nc43)C(OP(O)OC[C@H]3O[C@@H](n4cnc5c(NC(=O)c6ccccc6)ncnc54)C(F)[C@H]3O1)[C@H]2O[Si](C)(C)C(C)(C)C. The van der Waals surface area contributed by atoms with Crippen LogP contribution in [-0.2, 0) is 107 Å². The van der Waals surface area contributed by atoms with E-state index < -0.39 is 221 Å². The quantitative estimate of drug-likeness (QED) is 0.00664. The minimum Gasteiger partial charge on any atom is -0.450 e. The number of nitrogens with one attached hydrogen (secondary N) is 6. The van der Waals surface area contributed by atoms with Crippen LogP contribution in [-0.4, -0.2) is 279 Å². The Balaban J connectivity index is 0.000000242. The number of hydrogen-bond donors (Lipinski definition) is 9. The van der Waals surface area contributed by atoms with Crippen LogP contribution < -0.4 is 32.4 Å². The van der Waals surface area contributed by atoms with Crippen molar-refractivity contribution in [3.8, 4) is 0 Å². The number of nitrogens with zero attached hydrogens (tertiary/aromatic N) is 16. The van der Waals surface area contributed by atoms with E-state index in [2.05, 4.69) is 105 Å². The molecule has 0 radical (unpaired) electrons. The van der Waals surface area contributed by atoms with E-state index in [1.165, 1.54) is 49.9 Å². The summed E-state index contributed by atoms with van der Waals surface area (Å²) in [6.45, 7) is 29.8. The van der Waals surface area contributed by atoms with Gasteiger partial charge in [-0.3, -0.25) is 76.7 Å². The van der Waals surface area contributed by atoms with Crippen molar-refractivity contribution in [2.24, 2.45) is 11.8 Å². The summed E-state index contributed by atoms with van der Waals surface area (Å²) in [6.07, 6.45) is -16.7. The van der Waals surface area contributed by atoms with Crippen LogP contribution in [0.25, 0.3) is 54.3 Å². The van der Waals surface area contributed by atoms with Gasteiger partial charge in [0.15, 0.2) is 116 Å². The molecule has 0 spiro atoms. The van der Waals surface area contributed by atoms with Gasteiger partial charge < -0.3 is 99.8 Å². The van der Waals surface area contributed by atoms with Gasteiger partial charge in [0.2, 0.25) is 36.8 Å². The van der Waals surface area contributed by atoms with Crippen molar-refractivity contribution in [2.45, 2.75) is 211 Å². The number of hydrogen-bond acceptors (Lipinski definition) is 37. The lowest BCUT2D eigenvalue weighted by Crippen LogP contribution is -2.50. The number of imidazole rings is 4. The minimum atomic E-state index is -4.19. The van der Waals surface area contributed by atoms with Gasteiger partial charge in [-0.15, -0.1) is 9.24 Å². The Labute approximate surface area is 829 Å². The highest BCUT2D eigenvalue weighted by atomic mass is 32.5. The number of halogens is 2. The Hall–Kier alpha value is -9.86. The second-order valence-corrected chi connectivity index (χ2v) is 52.6. The third kappa shape index (κ3) is 25.4. The molecule has 0 saturated carbocycles. The first-order valence-electron chi connectivity index (χ1n) is 44.6. The number of methoxy groups -OCH3 is 1. The molecule has 0 aliphatic carbocycles. The number of fused-ring (bicyclic) bond motifs is 7. The maximum Gasteiger partial charge on any atom is 0.506 e. The van der Waals surface area contributed by atoms with Crippen LogP contribution in [0.5, 0.6) is 0 Å². The maximum atomic E-state index is 17.2. The van der Waals surface area contributed by atoms with Crippen LogP contribution >= 0.6 is 31.3 Å². The number of aliphatic hydroxyl groups excluding tert-OH is 1. The van der Waals surface area contributed by atoms with Gasteiger partial charge in [-0.1, -0.05) is 113 Å².